The first-order chi connectivity index (χ1) is 20.2. The van der Waals surface area contributed by atoms with Gasteiger partial charge in [0.25, 0.3) is 0 Å². The Hall–Kier alpha value is -4.14. The van der Waals surface area contributed by atoms with Crippen molar-refractivity contribution < 1.29 is 23.1 Å². The number of carboxylic acid groups (broad SMARTS) is 1. The molecule has 0 amide bonds. The lowest BCUT2D eigenvalue weighted by Gasteiger charge is -2.10. The number of unbranched alkanes of at least 4 members (excludes halogenated alkanes) is 6. The molecule has 0 spiro atoms. The zero-order valence-corrected chi connectivity index (χ0v) is 23.7. The molecule has 1 N–H and O–H groups in total. The SMILES string of the molecule is Cc1nc(-c2ncccn2)ncc1C(=O)O.FC(F)(F)CCCCCCCCCc1cccc2c1-c1ccccc1C2. The van der Waals surface area contributed by atoms with Crippen LogP contribution in [-0.4, -0.2) is 37.2 Å². The van der Waals surface area contributed by atoms with Crippen LogP contribution in [0.1, 0.15) is 84.1 Å². The molecule has 4 aromatic rings. The van der Waals surface area contributed by atoms with Crippen molar-refractivity contribution in [1.29, 1.82) is 0 Å². The Morgan fingerprint density at radius 3 is 2.17 bits per heavy atom. The van der Waals surface area contributed by atoms with E-state index in [2.05, 4.69) is 62.4 Å². The molecular weight excluding hydrogens is 541 g/mol. The van der Waals surface area contributed by atoms with Gasteiger partial charge in [0.1, 0.15) is 0 Å². The molecule has 0 radical (unpaired) electrons. The summed E-state index contributed by atoms with van der Waals surface area (Å²) in [5.74, 6) is -0.344. The molecule has 2 aromatic carbocycles. The van der Waals surface area contributed by atoms with Gasteiger partial charge in [0.15, 0.2) is 11.6 Å². The number of aromatic nitrogens is 4. The van der Waals surface area contributed by atoms with Gasteiger partial charge in [-0.15, -0.1) is 0 Å². The molecule has 0 saturated heterocycles. The summed E-state index contributed by atoms with van der Waals surface area (Å²) in [7, 11) is 0. The predicted octanol–water partition coefficient (Wildman–Crippen LogP) is 8.42. The largest absolute Gasteiger partial charge is 0.478 e. The third-order valence-electron chi connectivity index (χ3n) is 7.29. The van der Waals surface area contributed by atoms with E-state index < -0.39 is 18.6 Å². The van der Waals surface area contributed by atoms with Crippen LogP contribution < -0.4 is 0 Å². The predicted molar refractivity (Wildman–Crippen MR) is 156 cm³/mol. The monoisotopic (exact) mass is 576 g/mol. The molecule has 1 aliphatic rings. The summed E-state index contributed by atoms with van der Waals surface area (Å²) < 4.78 is 36.2. The number of alkyl halides is 3. The van der Waals surface area contributed by atoms with Crippen LogP contribution in [0.4, 0.5) is 13.2 Å². The molecule has 2 aromatic heterocycles. The molecule has 1 aliphatic carbocycles. The first-order valence-electron chi connectivity index (χ1n) is 14.3. The van der Waals surface area contributed by atoms with Crippen LogP contribution in [0.5, 0.6) is 0 Å². The number of carbonyl (C=O) groups is 1. The zero-order valence-electron chi connectivity index (χ0n) is 23.7. The fraction of sp³-hybridized carbons (Fsp3) is 0.364. The Labute approximate surface area is 244 Å². The smallest absolute Gasteiger partial charge is 0.389 e. The molecule has 0 aliphatic heterocycles. The maximum absolute atomic E-state index is 12.1. The maximum Gasteiger partial charge on any atom is 0.389 e. The summed E-state index contributed by atoms with van der Waals surface area (Å²) in [6, 6.07) is 17.0. The average Bonchev–Trinajstić information content (AvgIpc) is 3.36. The highest BCUT2D eigenvalue weighted by Crippen LogP contribution is 2.39. The topological polar surface area (TPSA) is 88.9 Å². The normalized spacial score (nSPS) is 11.8. The van der Waals surface area contributed by atoms with Crippen LogP contribution in [0.25, 0.3) is 22.8 Å². The molecular formula is C33H35F3N4O2. The average molecular weight is 577 g/mol. The molecule has 0 bridgehead atoms. The number of nitrogens with zero attached hydrogens (tertiary/aromatic N) is 4. The summed E-state index contributed by atoms with van der Waals surface area (Å²) in [6.07, 6.45) is 8.29. The second-order valence-electron chi connectivity index (χ2n) is 10.4. The Morgan fingerprint density at radius 2 is 1.48 bits per heavy atom. The maximum atomic E-state index is 12.1. The van der Waals surface area contributed by atoms with Crippen LogP contribution in [0, 0.1) is 6.92 Å². The van der Waals surface area contributed by atoms with Crippen molar-refractivity contribution in [3.63, 3.8) is 0 Å². The van der Waals surface area contributed by atoms with E-state index in [0.717, 1.165) is 44.9 Å². The lowest BCUT2D eigenvalue weighted by molar-refractivity contribution is -0.135. The molecule has 0 atom stereocenters. The van der Waals surface area contributed by atoms with Gasteiger partial charge in [0.2, 0.25) is 0 Å². The highest BCUT2D eigenvalue weighted by atomic mass is 19.4. The number of hydrogen-bond acceptors (Lipinski definition) is 5. The van der Waals surface area contributed by atoms with Crippen molar-refractivity contribution in [2.24, 2.45) is 0 Å². The number of aryl methyl sites for hydroxylation is 2. The minimum absolute atomic E-state index is 0.0830. The van der Waals surface area contributed by atoms with E-state index >= 15 is 0 Å². The molecule has 220 valence electrons. The second-order valence-corrected chi connectivity index (χ2v) is 10.4. The van der Waals surface area contributed by atoms with Crippen LogP contribution >= 0.6 is 0 Å². The van der Waals surface area contributed by atoms with E-state index in [1.54, 1.807) is 25.4 Å². The Kier molecular flexibility index (Phi) is 10.8. The standard InChI is InChI=1S/C23H27F3.C10H8N4O2/c24-23(25,26)16-9-5-3-1-2-4-6-11-18-13-10-14-20-17-19-12-7-8-15-21(19)22(18)20;1-6-7(10(15)16)5-13-9(14-6)8-11-3-2-4-12-8/h7-8,10,12-15H,1-6,9,11,16-17H2;2-5H,1H3,(H,15,16). The van der Waals surface area contributed by atoms with Crippen molar-refractivity contribution >= 4 is 5.97 Å². The number of fused-ring (bicyclic) bond motifs is 3. The van der Waals surface area contributed by atoms with Gasteiger partial charge in [-0.2, -0.15) is 13.2 Å². The lowest BCUT2D eigenvalue weighted by Crippen LogP contribution is -2.06. The summed E-state index contributed by atoms with van der Waals surface area (Å²) in [4.78, 5) is 26.7. The minimum Gasteiger partial charge on any atom is -0.478 e. The summed E-state index contributed by atoms with van der Waals surface area (Å²) in [6.45, 7) is 1.61. The quantitative estimate of drug-likeness (QED) is 0.159. The second kappa shape index (κ2) is 14.7. The highest BCUT2D eigenvalue weighted by Gasteiger charge is 2.25. The summed E-state index contributed by atoms with van der Waals surface area (Å²) in [5.41, 5.74) is 7.61. The van der Waals surface area contributed by atoms with Gasteiger partial charge in [-0.05, 0) is 66.5 Å². The third kappa shape index (κ3) is 8.68. The van der Waals surface area contributed by atoms with Crippen LogP contribution in [-0.2, 0) is 12.8 Å². The molecule has 6 nitrogen and oxygen atoms in total. The number of carboxylic acids is 1. The fourth-order valence-electron chi connectivity index (χ4n) is 5.20. The Morgan fingerprint density at radius 1 is 0.810 bits per heavy atom. The molecule has 42 heavy (non-hydrogen) atoms. The minimum atomic E-state index is -3.99. The number of benzene rings is 2. The fourth-order valence-corrected chi connectivity index (χ4v) is 5.20. The van der Waals surface area contributed by atoms with Crippen molar-refractivity contribution in [3.05, 3.63) is 95.1 Å². The van der Waals surface area contributed by atoms with E-state index in [1.807, 2.05) is 0 Å². The first-order valence-corrected chi connectivity index (χ1v) is 14.3. The van der Waals surface area contributed by atoms with Crippen molar-refractivity contribution in [2.75, 3.05) is 0 Å². The van der Waals surface area contributed by atoms with Gasteiger partial charge in [-0.1, -0.05) is 74.6 Å². The third-order valence-corrected chi connectivity index (χ3v) is 7.29. The summed E-state index contributed by atoms with van der Waals surface area (Å²) in [5, 5.41) is 8.82. The van der Waals surface area contributed by atoms with Crippen molar-refractivity contribution in [1.82, 2.24) is 19.9 Å². The Balaban J connectivity index is 0.000000216. The van der Waals surface area contributed by atoms with E-state index in [1.165, 1.54) is 34.0 Å². The van der Waals surface area contributed by atoms with E-state index in [-0.39, 0.29) is 12.0 Å². The van der Waals surface area contributed by atoms with Crippen molar-refractivity contribution in [3.8, 4) is 22.8 Å². The van der Waals surface area contributed by atoms with Gasteiger partial charge >= 0.3 is 12.1 Å². The molecule has 2 heterocycles. The van der Waals surface area contributed by atoms with Crippen molar-refractivity contribution in [2.45, 2.75) is 77.3 Å². The zero-order chi connectivity index (χ0) is 30.0. The summed E-state index contributed by atoms with van der Waals surface area (Å²) >= 11 is 0. The molecule has 0 saturated carbocycles. The van der Waals surface area contributed by atoms with Crippen LogP contribution in [0.15, 0.2) is 67.1 Å². The molecule has 9 heteroatoms. The van der Waals surface area contributed by atoms with Gasteiger partial charge < -0.3 is 5.11 Å². The van der Waals surface area contributed by atoms with Gasteiger partial charge in [-0.3, -0.25) is 0 Å². The number of hydrogen-bond donors (Lipinski definition) is 1. The molecule has 5 rings (SSSR count). The highest BCUT2D eigenvalue weighted by molar-refractivity contribution is 5.88. The number of rotatable bonds is 11. The molecule has 0 unspecified atom stereocenters. The van der Waals surface area contributed by atoms with Gasteiger partial charge in [-0.25, -0.2) is 24.7 Å². The Bertz CT molecular complexity index is 1480. The lowest BCUT2D eigenvalue weighted by atomic mass is 9.95. The number of halogens is 3. The first kappa shape index (κ1) is 30.8. The van der Waals surface area contributed by atoms with Gasteiger partial charge in [0.05, 0.1) is 11.3 Å². The number of aromatic carboxylic acids is 1. The van der Waals surface area contributed by atoms with E-state index in [4.69, 9.17) is 5.11 Å². The van der Waals surface area contributed by atoms with E-state index in [9.17, 15) is 18.0 Å². The molecule has 0 fully saturated rings. The van der Waals surface area contributed by atoms with E-state index in [0.29, 0.717) is 23.8 Å². The van der Waals surface area contributed by atoms with Gasteiger partial charge in [0, 0.05) is 25.0 Å². The van der Waals surface area contributed by atoms with Crippen LogP contribution in [0.3, 0.4) is 0 Å². The van der Waals surface area contributed by atoms with Crippen LogP contribution in [0.2, 0.25) is 0 Å².